The summed E-state index contributed by atoms with van der Waals surface area (Å²) in [5.74, 6) is -0.0583. The summed E-state index contributed by atoms with van der Waals surface area (Å²) in [6, 6.07) is 9.96. The van der Waals surface area contributed by atoms with Crippen LogP contribution in [0.25, 0.3) is 0 Å². The quantitative estimate of drug-likeness (QED) is 0.762. The van der Waals surface area contributed by atoms with E-state index in [4.69, 9.17) is 0 Å². The third-order valence-electron chi connectivity index (χ3n) is 3.40. The van der Waals surface area contributed by atoms with E-state index in [-0.39, 0.29) is 0 Å². The molecule has 0 fully saturated rings. The van der Waals surface area contributed by atoms with Crippen molar-refractivity contribution >= 4 is 5.97 Å². The molecular weight excluding hydrogens is 250 g/mol. The molecule has 2 N–H and O–H groups in total. The second-order valence-corrected chi connectivity index (χ2v) is 6.42. The summed E-state index contributed by atoms with van der Waals surface area (Å²) in [6.07, 6.45) is 1.29. The summed E-state index contributed by atoms with van der Waals surface area (Å²) in [5.41, 5.74) is 0.281. The Kier molecular flexibility index (Phi) is 6.21. The van der Waals surface area contributed by atoms with Crippen molar-refractivity contribution in [3.63, 3.8) is 0 Å². The Morgan fingerprint density at radius 3 is 2.00 bits per heavy atom. The lowest BCUT2D eigenvalue weighted by atomic mass is 9.81. The summed E-state index contributed by atoms with van der Waals surface area (Å²) in [7, 11) is 0. The molecule has 3 heteroatoms. The zero-order valence-corrected chi connectivity index (χ0v) is 13.0. The number of rotatable bonds is 8. The zero-order chi connectivity index (χ0) is 15.2. The van der Waals surface area contributed by atoms with Crippen molar-refractivity contribution in [2.45, 2.75) is 52.6 Å². The molecule has 0 aliphatic carbocycles. The van der Waals surface area contributed by atoms with E-state index in [2.05, 4.69) is 33.0 Å². The maximum absolute atomic E-state index is 11.9. The van der Waals surface area contributed by atoms with Crippen molar-refractivity contribution in [2.75, 3.05) is 0 Å². The Balaban J connectivity index is 2.87. The van der Waals surface area contributed by atoms with Gasteiger partial charge in [-0.15, -0.1) is 0 Å². The Labute approximate surface area is 122 Å². The molecule has 0 saturated heterocycles. The van der Waals surface area contributed by atoms with Gasteiger partial charge in [-0.05, 0) is 30.2 Å². The molecule has 0 bridgehead atoms. The van der Waals surface area contributed by atoms with Crippen LogP contribution < -0.4 is 5.32 Å². The lowest BCUT2D eigenvalue weighted by molar-refractivity contribution is -0.146. The van der Waals surface area contributed by atoms with Gasteiger partial charge in [-0.1, -0.05) is 58.0 Å². The van der Waals surface area contributed by atoms with E-state index in [1.54, 1.807) is 0 Å². The van der Waals surface area contributed by atoms with Crippen LogP contribution in [-0.4, -0.2) is 16.6 Å². The third-order valence-corrected chi connectivity index (χ3v) is 3.40. The number of carboxylic acids is 1. The highest BCUT2D eigenvalue weighted by molar-refractivity contribution is 5.78. The highest BCUT2D eigenvalue weighted by atomic mass is 16.4. The van der Waals surface area contributed by atoms with Gasteiger partial charge in [0.25, 0.3) is 0 Å². The van der Waals surface area contributed by atoms with Crippen LogP contribution in [-0.2, 0) is 11.3 Å². The number of nitrogens with one attached hydrogen (secondary N) is 1. The van der Waals surface area contributed by atoms with Crippen LogP contribution in [0.15, 0.2) is 30.3 Å². The fourth-order valence-corrected chi connectivity index (χ4v) is 2.74. The van der Waals surface area contributed by atoms with Gasteiger partial charge in [0.05, 0.1) is 0 Å². The lowest BCUT2D eigenvalue weighted by Gasteiger charge is -2.34. The predicted octanol–water partition coefficient (Wildman–Crippen LogP) is 3.69. The van der Waals surface area contributed by atoms with E-state index in [0.29, 0.717) is 31.2 Å². The second kappa shape index (κ2) is 7.44. The average Bonchev–Trinajstić information content (AvgIpc) is 2.35. The van der Waals surface area contributed by atoms with Crippen LogP contribution in [0.1, 0.15) is 46.1 Å². The largest absolute Gasteiger partial charge is 0.480 e. The molecule has 20 heavy (non-hydrogen) atoms. The Bertz CT molecular complexity index is 402. The molecule has 0 spiro atoms. The van der Waals surface area contributed by atoms with Gasteiger partial charge < -0.3 is 5.11 Å². The van der Waals surface area contributed by atoms with Crippen LogP contribution in [0.5, 0.6) is 0 Å². The zero-order valence-electron chi connectivity index (χ0n) is 13.0. The van der Waals surface area contributed by atoms with Crippen LogP contribution in [0.4, 0.5) is 0 Å². The SMILES string of the molecule is CC(C)CC(CC(C)C)(NCc1ccccc1)C(=O)O. The normalized spacial score (nSPS) is 12.1. The maximum atomic E-state index is 11.9. The summed E-state index contributed by atoms with van der Waals surface area (Å²) in [5, 5.41) is 13.0. The van der Waals surface area contributed by atoms with Gasteiger partial charge in [-0.2, -0.15) is 0 Å². The van der Waals surface area contributed by atoms with E-state index in [1.165, 1.54) is 0 Å². The molecule has 0 unspecified atom stereocenters. The highest BCUT2D eigenvalue weighted by Gasteiger charge is 2.39. The molecule has 0 saturated carbocycles. The Morgan fingerprint density at radius 2 is 1.60 bits per heavy atom. The lowest BCUT2D eigenvalue weighted by Crippen LogP contribution is -2.53. The van der Waals surface area contributed by atoms with Gasteiger partial charge in [-0.25, -0.2) is 0 Å². The van der Waals surface area contributed by atoms with Crippen molar-refractivity contribution in [1.29, 1.82) is 0 Å². The molecule has 0 aliphatic rings. The predicted molar refractivity (Wildman–Crippen MR) is 82.6 cm³/mol. The molecule has 0 amide bonds. The molecule has 3 nitrogen and oxygen atoms in total. The molecule has 112 valence electrons. The molecule has 1 aromatic carbocycles. The van der Waals surface area contributed by atoms with Gasteiger partial charge in [0.15, 0.2) is 0 Å². The highest BCUT2D eigenvalue weighted by Crippen LogP contribution is 2.26. The summed E-state index contributed by atoms with van der Waals surface area (Å²) in [4.78, 5) is 11.9. The van der Waals surface area contributed by atoms with E-state index in [1.807, 2.05) is 30.3 Å². The molecule has 0 heterocycles. The molecule has 0 aliphatic heterocycles. The molecule has 1 rings (SSSR count). The fourth-order valence-electron chi connectivity index (χ4n) is 2.74. The van der Waals surface area contributed by atoms with Crippen molar-refractivity contribution < 1.29 is 9.90 Å². The summed E-state index contributed by atoms with van der Waals surface area (Å²) < 4.78 is 0. The van der Waals surface area contributed by atoms with Crippen LogP contribution in [0.3, 0.4) is 0 Å². The minimum absolute atomic E-state index is 0.341. The van der Waals surface area contributed by atoms with Crippen LogP contribution >= 0.6 is 0 Å². The van der Waals surface area contributed by atoms with Gasteiger partial charge >= 0.3 is 5.97 Å². The maximum Gasteiger partial charge on any atom is 0.323 e. The van der Waals surface area contributed by atoms with Crippen molar-refractivity contribution in [1.82, 2.24) is 5.32 Å². The minimum Gasteiger partial charge on any atom is -0.480 e. The van der Waals surface area contributed by atoms with E-state index < -0.39 is 11.5 Å². The first-order valence-electron chi connectivity index (χ1n) is 7.38. The molecular formula is C17H27NO2. The standard InChI is InChI=1S/C17H27NO2/c1-13(2)10-17(16(19)20,11-14(3)4)18-12-15-8-6-5-7-9-15/h5-9,13-14,18H,10-12H2,1-4H3,(H,19,20). The Hall–Kier alpha value is -1.35. The number of carbonyl (C=O) groups is 1. The third kappa shape index (κ3) is 4.97. The van der Waals surface area contributed by atoms with Gasteiger partial charge in [0, 0.05) is 6.54 Å². The smallest absolute Gasteiger partial charge is 0.323 e. The number of benzene rings is 1. The molecule has 0 atom stereocenters. The number of aliphatic carboxylic acids is 1. The first kappa shape index (κ1) is 16.7. The molecule has 0 radical (unpaired) electrons. The number of hydrogen-bond acceptors (Lipinski definition) is 2. The van der Waals surface area contributed by atoms with E-state index in [0.717, 1.165) is 5.56 Å². The van der Waals surface area contributed by atoms with Crippen molar-refractivity contribution in [3.8, 4) is 0 Å². The Morgan fingerprint density at radius 1 is 1.10 bits per heavy atom. The van der Waals surface area contributed by atoms with E-state index >= 15 is 0 Å². The van der Waals surface area contributed by atoms with Gasteiger partial charge in [-0.3, -0.25) is 10.1 Å². The summed E-state index contributed by atoms with van der Waals surface area (Å²) in [6.45, 7) is 8.88. The fraction of sp³-hybridized carbons (Fsp3) is 0.588. The first-order valence-corrected chi connectivity index (χ1v) is 7.38. The monoisotopic (exact) mass is 277 g/mol. The van der Waals surface area contributed by atoms with E-state index in [9.17, 15) is 9.90 Å². The number of hydrogen-bond donors (Lipinski definition) is 2. The topological polar surface area (TPSA) is 49.3 Å². The molecule has 1 aromatic rings. The van der Waals surface area contributed by atoms with Crippen molar-refractivity contribution in [3.05, 3.63) is 35.9 Å². The molecule has 0 aromatic heterocycles. The average molecular weight is 277 g/mol. The minimum atomic E-state index is -0.835. The van der Waals surface area contributed by atoms with Crippen molar-refractivity contribution in [2.24, 2.45) is 11.8 Å². The van der Waals surface area contributed by atoms with Crippen LogP contribution in [0.2, 0.25) is 0 Å². The van der Waals surface area contributed by atoms with Gasteiger partial charge in [0.1, 0.15) is 5.54 Å². The van der Waals surface area contributed by atoms with Crippen LogP contribution in [0, 0.1) is 11.8 Å². The number of carboxylic acid groups (broad SMARTS) is 1. The second-order valence-electron chi connectivity index (χ2n) is 6.42. The first-order chi connectivity index (χ1) is 9.35. The van der Waals surface area contributed by atoms with Gasteiger partial charge in [0.2, 0.25) is 0 Å². The summed E-state index contributed by atoms with van der Waals surface area (Å²) >= 11 is 0.